The maximum atomic E-state index is 11.5. The molecule has 42 heavy (non-hydrogen) atoms. The number of pyridine rings is 1. The molecule has 4 N–H and O–H groups in total. The largest absolute Gasteiger partial charge is 0.478 e. The third-order valence-corrected chi connectivity index (χ3v) is 7.75. The summed E-state index contributed by atoms with van der Waals surface area (Å²) in [4.78, 5) is 22.7. The highest BCUT2D eigenvalue weighted by Crippen LogP contribution is 2.36. The molecule has 1 aliphatic rings. The van der Waals surface area contributed by atoms with Crippen LogP contribution in [0.25, 0.3) is 22.4 Å². The number of aliphatic imine (C=N–C) groups is 1. The smallest absolute Gasteiger partial charge is 0.336 e. The van der Waals surface area contributed by atoms with E-state index in [1.807, 2.05) is 12.1 Å². The number of aromatic nitrogens is 1. The second-order valence-corrected chi connectivity index (χ2v) is 11.0. The summed E-state index contributed by atoms with van der Waals surface area (Å²) in [6.07, 6.45) is 0. The molecule has 0 spiro atoms. The van der Waals surface area contributed by atoms with Crippen LogP contribution in [0.4, 0.5) is 17.2 Å². The Hall–Kier alpha value is -4.08. The highest BCUT2D eigenvalue weighted by Gasteiger charge is 2.25. The Morgan fingerprint density at radius 3 is 2.36 bits per heavy atom. The van der Waals surface area contributed by atoms with E-state index in [9.17, 15) is 9.90 Å². The lowest BCUT2D eigenvalue weighted by Gasteiger charge is -2.39. The molecule has 0 radical (unpaired) electrons. The molecule has 216 valence electrons. The molecule has 1 saturated heterocycles. The van der Waals surface area contributed by atoms with E-state index in [1.165, 1.54) is 5.56 Å². The van der Waals surface area contributed by atoms with E-state index >= 15 is 0 Å². The van der Waals surface area contributed by atoms with Crippen molar-refractivity contribution in [2.75, 3.05) is 38.1 Å². The van der Waals surface area contributed by atoms with Crippen LogP contribution in [-0.4, -0.2) is 65.6 Å². The van der Waals surface area contributed by atoms with E-state index in [0.717, 1.165) is 42.9 Å². The number of carbonyl (C=O) groups is 1. The Morgan fingerprint density at radius 2 is 1.71 bits per heavy atom. The van der Waals surface area contributed by atoms with Crippen molar-refractivity contribution in [2.24, 2.45) is 10.9 Å². The quantitative estimate of drug-likeness (QED) is 0.117. The van der Waals surface area contributed by atoms with Crippen LogP contribution >= 0.6 is 11.6 Å². The van der Waals surface area contributed by atoms with Gasteiger partial charge < -0.3 is 20.8 Å². The minimum Gasteiger partial charge on any atom is -0.478 e. The number of aliphatic hydroxyl groups is 1. The van der Waals surface area contributed by atoms with Crippen LogP contribution in [0.1, 0.15) is 21.5 Å². The zero-order chi connectivity index (χ0) is 29.6. The first-order valence-corrected chi connectivity index (χ1v) is 14.2. The first-order chi connectivity index (χ1) is 20.3. The average Bonchev–Trinajstić information content (AvgIpc) is 2.97. The number of halogens is 1. The molecule has 0 amide bonds. The van der Waals surface area contributed by atoms with Crippen molar-refractivity contribution in [1.29, 1.82) is 0 Å². The molecule has 0 unspecified atom stereocenters. The lowest BCUT2D eigenvalue weighted by atomic mass is 9.98. The third kappa shape index (κ3) is 6.86. The Bertz CT molecular complexity index is 1570. The van der Waals surface area contributed by atoms with Gasteiger partial charge in [0.15, 0.2) is 5.82 Å². The molecular formula is C33H34ClN5O3. The number of aliphatic hydroxyl groups excluding tert-OH is 1. The standard InChI is InChI=1S/C33H34ClN5O3/c1-21-3-12-27(15-28(21)33(41)42)37-30-16-29(34)31(38-32(30)35-2)26-10-8-25(9-11-26)24-6-4-22(5-7-24)18-39-19-23(20-39)17-36-13-14-40/h3-12,15-16,23,36-37,40H,2,13-14,17-20H2,1H3,(H,41,42). The Kier molecular flexibility index (Phi) is 9.29. The maximum Gasteiger partial charge on any atom is 0.336 e. The van der Waals surface area contributed by atoms with Crippen molar-refractivity contribution in [3.8, 4) is 22.4 Å². The molecule has 1 aromatic heterocycles. The Labute approximate surface area is 250 Å². The van der Waals surface area contributed by atoms with Gasteiger partial charge in [-0.15, -0.1) is 0 Å². The highest BCUT2D eigenvalue weighted by atomic mass is 35.5. The van der Waals surface area contributed by atoms with Gasteiger partial charge in [-0.2, -0.15) is 0 Å². The molecule has 0 bridgehead atoms. The van der Waals surface area contributed by atoms with Crippen molar-refractivity contribution >= 4 is 41.5 Å². The van der Waals surface area contributed by atoms with Gasteiger partial charge in [0.05, 0.1) is 28.6 Å². The van der Waals surface area contributed by atoms with Crippen LogP contribution in [0.15, 0.2) is 77.8 Å². The number of nitrogens with one attached hydrogen (secondary N) is 2. The van der Waals surface area contributed by atoms with E-state index in [-0.39, 0.29) is 12.2 Å². The molecule has 2 heterocycles. The van der Waals surface area contributed by atoms with Gasteiger partial charge >= 0.3 is 5.97 Å². The number of carboxylic acid groups (broad SMARTS) is 1. The van der Waals surface area contributed by atoms with E-state index in [2.05, 4.69) is 68.6 Å². The number of anilines is 2. The lowest BCUT2D eigenvalue weighted by Crippen LogP contribution is -2.50. The number of nitrogens with zero attached hydrogens (tertiary/aromatic N) is 3. The SMILES string of the molecule is C=Nc1nc(-c2ccc(-c3ccc(CN4CC(CNCCO)C4)cc3)cc2)c(Cl)cc1Nc1ccc(C)c(C(=O)O)c1. The van der Waals surface area contributed by atoms with Gasteiger partial charge in [0.2, 0.25) is 0 Å². The molecular weight excluding hydrogens is 550 g/mol. The van der Waals surface area contributed by atoms with Gasteiger partial charge in [-0.3, -0.25) is 4.90 Å². The number of aromatic carboxylic acids is 1. The van der Waals surface area contributed by atoms with Gasteiger partial charge in [-0.1, -0.05) is 66.2 Å². The number of hydrogen-bond acceptors (Lipinski definition) is 7. The summed E-state index contributed by atoms with van der Waals surface area (Å²) < 4.78 is 0. The number of likely N-dealkylation sites (tertiary alicyclic amines) is 1. The summed E-state index contributed by atoms with van der Waals surface area (Å²) in [5, 5.41) is 25.2. The molecule has 0 saturated carbocycles. The van der Waals surface area contributed by atoms with Crippen molar-refractivity contribution in [3.05, 3.63) is 94.5 Å². The molecule has 8 nitrogen and oxygen atoms in total. The first-order valence-electron chi connectivity index (χ1n) is 13.9. The van der Waals surface area contributed by atoms with Crippen molar-refractivity contribution in [1.82, 2.24) is 15.2 Å². The van der Waals surface area contributed by atoms with Crippen LogP contribution in [0.2, 0.25) is 5.02 Å². The predicted molar refractivity (Wildman–Crippen MR) is 169 cm³/mol. The maximum absolute atomic E-state index is 11.5. The number of benzene rings is 3. The van der Waals surface area contributed by atoms with Crippen molar-refractivity contribution < 1.29 is 15.0 Å². The van der Waals surface area contributed by atoms with Crippen LogP contribution < -0.4 is 10.6 Å². The molecule has 3 aromatic carbocycles. The third-order valence-electron chi connectivity index (χ3n) is 7.46. The molecule has 0 aliphatic carbocycles. The van der Waals surface area contributed by atoms with E-state index in [0.29, 0.717) is 45.9 Å². The summed E-state index contributed by atoms with van der Waals surface area (Å²) in [5.74, 6) is 0.0263. The van der Waals surface area contributed by atoms with Crippen LogP contribution in [-0.2, 0) is 6.54 Å². The summed E-state index contributed by atoms with van der Waals surface area (Å²) >= 11 is 6.66. The Balaban J connectivity index is 1.25. The van der Waals surface area contributed by atoms with Gasteiger partial charge in [0.25, 0.3) is 0 Å². The lowest BCUT2D eigenvalue weighted by molar-refractivity contribution is 0.0696. The van der Waals surface area contributed by atoms with E-state index in [4.69, 9.17) is 16.7 Å². The molecule has 1 aliphatic heterocycles. The fourth-order valence-electron chi connectivity index (χ4n) is 5.18. The summed E-state index contributed by atoms with van der Waals surface area (Å²) in [5.41, 5.74) is 6.95. The first kappa shape index (κ1) is 29.4. The average molecular weight is 584 g/mol. The fraction of sp³-hybridized carbons (Fsp3) is 0.242. The zero-order valence-electron chi connectivity index (χ0n) is 23.5. The normalized spacial score (nSPS) is 13.5. The summed E-state index contributed by atoms with van der Waals surface area (Å²) in [6, 6.07) is 23.6. The predicted octanol–water partition coefficient (Wildman–Crippen LogP) is 6.17. The van der Waals surface area contributed by atoms with Crippen LogP contribution in [0, 0.1) is 12.8 Å². The summed E-state index contributed by atoms with van der Waals surface area (Å²) in [6.45, 7) is 10.3. The van der Waals surface area contributed by atoms with Crippen molar-refractivity contribution in [3.63, 3.8) is 0 Å². The number of rotatable bonds is 12. The Morgan fingerprint density at radius 1 is 1.05 bits per heavy atom. The van der Waals surface area contributed by atoms with E-state index in [1.54, 1.807) is 31.2 Å². The number of carboxylic acids is 1. The fourth-order valence-corrected chi connectivity index (χ4v) is 5.44. The summed E-state index contributed by atoms with van der Waals surface area (Å²) in [7, 11) is 0. The van der Waals surface area contributed by atoms with Gasteiger partial charge in [-0.25, -0.2) is 14.8 Å². The van der Waals surface area contributed by atoms with Crippen molar-refractivity contribution in [2.45, 2.75) is 13.5 Å². The zero-order valence-corrected chi connectivity index (χ0v) is 24.2. The second-order valence-electron chi connectivity index (χ2n) is 10.6. The minimum absolute atomic E-state index is 0.184. The molecule has 9 heteroatoms. The molecule has 5 rings (SSSR count). The monoisotopic (exact) mass is 583 g/mol. The number of aryl methyl sites for hydroxylation is 1. The second kappa shape index (κ2) is 13.3. The number of hydrogen-bond donors (Lipinski definition) is 4. The van der Waals surface area contributed by atoms with Crippen LogP contribution in [0.3, 0.4) is 0 Å². The highest BCUT2D eigenvalue weighted by molar-refractivity contribution is 6.33. The minimum atomic E-state index is -0.992. The molecule has 1 fully saturated rings. The van der Waals surface area contributed by atoms with Gasteiger partial charge in [-0.05, 0) is 60.0 Å². The topological polar surface area (TPSA) is 110 Å². The van der Waals surface area contributed by atoms with Crippen LogP contribution in [0.5, 0.6) is 0 Å². The molecule has 4 aromatic rings. The van der Waals surface area contributed by atoms with Gasteiger partial charge in [0.1, 0.15) is 0 Å². The van der Waals surface area contributed by atoms with Gasteiger partial charge in [0, 0.05) is 44.0 Å². The van der Waals surface area contributed by atoms with E-state index < -0.39 is 5.97 Å². The molecule has 0 atom stereocenters.